The predicted octanol–water partition coefficient (Wildman–Crippen LogP) is 1.70. The van der Waals surface area contributed by atoms with E-state index in [0.717, 1.165) is 18.4 Å². The van der Waals surface area contributed by atoms with Gasteiger partial charge in [-0.05, 0) is 31.4 Å². The Kier molecular flexibility index (Phi) is 6.52. The van der Waals surface area contributed by atoms with E-state index in [1.54, 1.807) is 24.3 Å². The smallest absolute Gasteiger partial charge is 0.226 e. The first-order chi connectivity index (χ1) is 13.1. The fourth-order valence-corrected chi connectivity index (χ4v) is 3.32. The molecule has 2 aromatic rings. The van der Waals surface area contributed by atoms with Crippen LogP contribution in [0, 0.1) is 5.41 Å². The molecule has 1 saturated heterocycles. The summed E-state index contributed by atoms with van der Waals surface area (Å²) in [5, 5.41) is 13.7. The Balaban J connectivity index is 1.46. The standard InChI is InChI=1S/C19H26N4O4/c1-23(13-19(14-24)7-11-26-12-8-19)17(25)4-2-3-16-21-18(22-27-16)15-5-9-20-10-6-15/h5-6,9-10,24H,2-4,7-8,11-14H2,1H3. The Bertz CT molecular complexity index is 728. The Morgan fingerprint density at radius 3 is 2.74 bits per heavy atom. The van der Waals surface area contributed by atoms with E-state index in [1.165, 1.54) is 0 Å². The third-order valence-electron chi connectivity index (χ3n) is 5.08. The second kappa shape index (κ2) is 9.05. The van der Waals surface area contributed by atoms with Crippen LogP contribution in [0.15, 0.2) is 29.0 Å². The van der Waals surface area contributed by atoms with Gasteiger partial charge in [0.2, 0.25) is 17.6 Å². The van der Waals surface area contributed by atoms with Crippen LogP contribution in [0.25, 0.3) is 11.4 Å². The number of hydrogen-bond acceptors (Lipinski definition) is 7. The summed E-state index contributed by atoms with van der Waals surface area (Å²) >= 11 is 0. The Morgan fingerprint density at radius 2 is 2.04 bits per heavy atom. The molecule has 8 heteroatoms. The maximum atomic E-state index is 12.4. The molecular weight excluding hydrogens is 348 g/mol. The van der Waals surface area contributed by atoms with E-state index in [-0.39, 0.29) is 17.9 Å². The summed E-state index contributed by atoms with van der Waals surface area (Å²) in [6.07, 6.45) is 6.51. The lowest BCUT2D eigenvalue weighted by atomic mass is 9.80. The van der Waals surface area contributed by atoms with E-state index < -0.39 is 0 Å². The molecule has 1 N–H and O–H groups in total. The van der Waals surface area contributed by atoms with Gasteiger partial charge in [-0.3, -0.25) is 9.78 Å². The van der Waals surface area contributed by atoms with Crippen molar-refractivity contribution in [3.63, 3.8) is 0 Å². The van der Waals surface area contributed by atoms with Gasteiger partial charge in [0, 0.05) is 63.0 Å². The first-order valence-corrected chi connectivity index (χ1v) is 9.27. The van der Waals surface area contributed by atoms with E-state index in [9.17, 15) is 9.90 Å². The summed E-state index contributed by atoms with van der Waals surface area (Å²) in [4.78, 5) is 22.5. The predicted molar refractivity (Wildman–Crippen MR) is 97.7 cm³/mol. The molecule has 2 aromatic heterocycles. The Morgan fingerprint density at radius 1 is 1.30 bits per heavy atom. The molecule has 8 nitrogen and oxygen atoms in total. The third kappa shape index (κ3) is 5.11. The molecule has 0 bridgehead atoms. The molecule has 0 saturated carbocycles. The summed E-state index contributed by atoms with van der Waals surface area (Å²) in [7, 11) is 1.80. The number of aliphatic hydroxyl groups excluding tert-OH is 1. The number of carbonyl (C=O) groups excluding carboxylic acids is 1. The quantitative estimate of drug-likeness (QED) is 0.750. The minimum Gasteiger partial charge on any atom is -0.396 e. The largest absolute Gasteiger partial charge is 0.396 e. The maximum absolute atomic E-state index is 12.4. The second-order valence-corrected chi connectivity index (χ2v) is 7.12. The summed E-state index contributed by atoms with van der Waals surface area (Å²) in [5.41, 5.74) is 0.607. The van der Waals surface area contributed by atoms with E-state index in [0.29, 0.717) is 50.7 Å². The number of aromatic nitrogens is 3. The van der Waals surface area contributed by atoms with E-state index in [2.05, 4.69) is 15.1 Å². The van der Waals surface area contributed by atoms with Crippen molar-refractivity contribution in [2.75, 3.05) is 33.4 Å². The molecule has 146 valence electrons. The van der Waals surface area contributed by atoms with Crippen molar-refractivity contribution in [2.45, 2.75) is 32.1 Å². The number of pyridine rings is 1. The molecule has 0 radical (unpaired) electrons. The molecule has 1 amide bonds. The van der Waals surface area contributed by atoms with Gasteiger partial charge < -0.3 is 19.3 Å². The van der Waals surface area contributed by atoms with Crippen LogP contribution in [-0.4, -0.2) is 64.5 Å². The molecule has 3 heterocycles. The lowest BCUT2D eigenvalue weighted by Crippen LogP contribution is -2.44. The summed E-state index contributed by atoms with van der Waals surface area (Å²) in [6.45, 7) is 1.91. The van der Waals surface area contributed by atoms with Gasteiger partial charge in [-0.25, -0.2) is 0 Å². The molecule has 0 aromatic carbocycles. The molecule has 1 fully saturated rings. The van der Waals surface area contributed by atoms with E-state index >= 15 is 0 Å². The van der Waals surface area contributed by atoms with Gasteiger partial charge in [-0.15, -0.1) is 0 Å². The highest BCUT2D eigenvalue weighted by Gasteiger charge is 2.34. The highest BCUT2D eigenvalue weighted by Crippen LogP contribution is 2.30. The average molecular weight is 374 g/mol. The molecule has 0 atom stereocenters. The Hall–Kier alpha value is -2.32. The van der Waals surface area contributed by atoms with Crippen LogP contribution in [0.4, 0.5) is 0 Å². The van der Waals surface area contributed by atoms with Crippen LogP contribution in [0.2, 0.25) is 0 Å². The first-order valence-electron chi connectivity index (χ1n) is 9.27. The van der Waals surface area contributed by atoms with Crippen molar-refractivity contribution in [1.82, 2.24) is 20.0 Å². The molecule has 1 aliphatic rings. The van der Waals surface area contributed by atoms with Crippen molar-refractivity contribution in [3.05, 3.63) is 30.4 Å². The number of nitrogens with zero attached hydrogens (tertiary/aromatic N) is 4. The lowest BCUT2D eigenvalue weighted by molar-refractivity contribution is -0.133. The molecular formula is C19H26N4O4. The summed E-state index contributed by atoms with van der Waals surface area (Å²) < 4.78 is 10.6. The number of amides is 1. The summed E-state index contributed by atoms with van der Waals surface area (Å²) in [5.74, 6) is 1.11. The monoisotopic (exact) mass is 374 g/mol. The van der Waals surface area contributed by atoms with Gasteiger partial charge in [0.15, 0.2) is 0 Å². The lowest BCUT2D eigenvalue weighted by Gasteiger charge is -2.38. The van der Waals surface area contributed by atoms with Crippen LogP contribution < -0.4 is 0 Å². The second-order valence-electron chi connectivity index (χ2n) is 7.12. The number of ether oxygens (including phenoxy) is 1. The zero-order chi connectivity index (χ0) is 19.1. The van der Waals surface area contributed by atoms with Crippen molar-refractivity contribution in [2.24, 2.45) is 5.41 Å². The van der Waals surface area contributed by atoms with Crippen molar-refractivity contribution < 1.29 is 19.2 Å². The zero-order valence-electron chi connectivity index (χ0n) is 15.6. The molecule has 0 aliphatic carbocycles. The van der Waals surface area contributed by atoms with Gasteiger partial charge >= 0.3 is 0 Å². The number of carbonyl (C=O) groups is 1. The summed E-state index contributed by atoms with van der Waals surface area (Å²) in [6, 6.07) is 3.64. The van der Waals surface area contributed by atoms with E-state index in [1.807, 2.05) is 12.1 Å². The number of aliphatic hydroxyl groups is 1. The van der Waals surface area contributed by atoms with Gasteiger partial charge in [-0.1, -0.05) is 5.16 Å². The number of aryl methyl sites for hydroxylation is 1. The molecule has 0 unspecified atom stereocenters. The van der Waals surface area contributed by atoms with Gasteiger partial charge in [-0.2, -0.15) is 4.98 Å². The zero-order valence-corrected chi connectivity index (χ0v) is 15.6. The Labute approximate surface area is 158 Å². The molecule has 0 spiro atoms. The van der Waals surface area contributed by atoms with Crippen molar-refractivity contribution >= 4 is 5.91 Å². The minimum atomic E-state index is -0.241. The fraction of sp³-hybridized carbons (Fsp3) is 0.579. The molecule has 3 rings (SSSR count). The van der Waals surface area contributed by atoms with Crippen LogP contribution in [-0.2, 0) is 16.0 Å². The highest BCUT2D eigenvalue weighted by molar-refractivity contribution is 5.75. The fourth-order valence-electron chi connectivity index (χ4n) is 3.32. The average Bonchev–Trinajstić information content (AvgIpc) is 3.18. The highest BCUT2D eigenvalue weighted by atomic mass is 16.5. The van der Waals surface area contributed by atoms with Crippen molar-refractivity contribution in [3.8, 4) is 11.4 Å². The van der Waals surface area contributed by atoms with Crippen LogP contribution in [0.3, 0.4) is 0 Å². The third-order valence-corrected chi connectivity index (χ3v) is 5.08. The number of rotatable bonds is 8. The minimum absolute atomic E-state index is 0.0585. The molecule has 1 aliphatic heterocycles. The van der Waals surface area contributed by atoms with Crippen LogP contribution in [0.5, 0.6) is 0 Å². The topological polar surface area (TPSA) is 102 Å². The van der Waals surface area contributed by atoms with Gasteiger partial charge in [0.25, 0.3) is 0 Å². The normalized spacial score (nSPS) is 16.2. The maximum Gasteiger partial charge on any atom is 0.226 e. The van der Waals surface area contributed by atoms with Crippen LogP contribution in [0.1, 0.15) is 31.6 Å². The van der Waals surface area contributed by atoms with Crippen molar-refractivity contribution in [1.29, 1.82) is 0 Å². The van der Waals surface area contributed by atoms with Gasteiger partial charge in [0.05, 0.1) is 6.61 Å². The first kappa shape index (κ1) is 19.4. The van der Waals surface area contributed by atoms with Gasteiger partial charge in [0.1, 0.15) is 0 Å². The molecule has 27 heavy (non-hydrogen) atoms. The number of hydrogen-bond donors (Lipinski definition) is 1. The van der Waals surface area contributed by atoms with E-state index in [4.69, 9.17) is 9.26 Å². The SMILES string of the molecule is CN(CC1(CO)CCOCC1)C(=O)CCCc1nc(-c2ccncc2)no1. The van der Waals surface area contributed by atoms with Crippen LogP contribution >= 0.6 is 0 Å².